The first-order chi connectivity index (χ1) is 7.82. The van der Waals surface area contributed by atoms with E-state index in [4.69, 9.17) is 0 Å². The molecule has 0 aliphatic heterocycles. The maximum absolute atomic E-state index is 12.0. The number of hydrogen-bond donors (Lipinski definition) is 0. The molecule has 0 bridgehead atoms. The first-order valence-electron chi connectivity index (χ1n) is 5.04. The van der Waals surface area contributed by atoms with E-state index in [0.29, 0.717) is 4.88 Å². The Morgan fingerprint density at radius 3 is 2.35 bits per heavy atom. The highest BCUT2D eigenvalue weighted by molar-refractivity contribution is 9.11. The molecule has 0 N–H and O–H groups in total. The first-order valence-corrected chi connectivity index (χ1v) is 6.65. The third kappa shape index (κ3) is 3.54. The molecule has 0 aromatic carbocycles. The quantitative estimate of drug-likeness (QED) is 0.855. The third-order valence-corrected chi connectivity index (χ3v) is 4.41. The molecular formula is C11H15BrN2O2S. The minimum Gasteiger partial charge on any atom is -0.347 e. The van der Waals surface area contributed by atoms with Crippen LogP contribution in [0.2, 0.25) is 0 Å². The van der Waals surface area contributed by atoms with Gasteiger partial charge in [0.1, 0.15) is 0 Å². The molecule has 94 valence electrons. The molecule has 0 unspecified atom stereocenters. The second kappa shape index (κ2) is 5.64. The number of likely N-dealkylation sites (N-methyl/N-ethyl adjacent to an activating group) is 2. The molecule has 0 radical (unpaired) electrons. The van der Waals surface area contributed by atoms with Gasteiger partial charge in [-0.2, -0.15) is 0 Å². The van der Waals surface area contributed by atoms with E-state index in [1.54, 1.807) is 21.1 Å². The van der Waals surface area contributed by atoms with Gasteiger partial charge in [0, 0.05) is 21.1 Å². The Balaban J connectivity index is 2.73. The van der Waals surface area contributed by atoms with E-state index in [0.717, 1.165) is 9.35 Å². The van der Waals surface area contributed by atoms with Crippen molar-refractivity contribution in [3.05, 3.63) is 20.3 Å². The van der Waals surface area contributed by atoms with Crippen molar-refractivity contribution < 1.29 is 9.59 Å². The highest BCUT2D eigenvalue weighted by Gasteiger charge is 2.18. The Morgan fingerprint density at radius 1 is 1.35 bits per heavy atom. The first kappa shape index (κ1) is 14.2. The molecule has 1 heterocycles. The summed E-state index contributed by atoms with van der Waals surface area (Å²) in [6.45, 7) is 2.03. The van der Waals surface area contributed by atoms with Gasteiger partial charge in [-0.3, -0.25) is 9.59 Å². The predicted molar refractivity (Wildman–Crippen MR) is 72.4 cm³/mol. The fourth-order valence-electron chi connectivity index (χ4n) is 1.17. The van der Waals surface area contributed by atoms with Crippen LogP contribution in [0.5, 0.6) is 0 Å². The van der Waals surface area contributed by atoms with Crippen molar-refractivity contribution in [3.63, 3.8) is 0 Å². The van der Waals surface area contributed by atoms with Crippen LogP contribution >= 0.6 is 27.3 Å². The summed E-state index contributed by atoms with van der Waals surface area (Å²) in [5.41, 5.74) is 1.03. The van der Waals surface area contributed by atoms with Crippen LogP contribution in [0, 0.1) is 6.92 Å². The van der Waals surface area contributed by atoms with E-state index in [-0.39, 0.29) is 18.4 Å². The van der Waals surface area contributed by atoms with E-state index in [9.17, 15) is 9.59 Å². The Bertz CT molecular complexity index is 423. The maximum atomic E-state index is 12.0. The Hall–Kier alpha value is -0.880. The van der Waals surface area contributed by atoms with Gasteiger partial charge in [-0.25, -0.2) is 0 Å². The Labute approximate surface area is 113 Å². The number of thiophene rings is 1. The molecule has 0 saturated carbocycles. The lowest BCUT2D eigenvalue weighted by Gasteiger charge is -2.18. The van der Waals surface area contributed by atoms with Crippen LogP contribution in [0.1, 0.15) is 15.2 Å². The minimum absolute atomic E-state index is 0.0896. The second-order valence-electron chi connectivity index (χ2n) is 4.02. The summed E-state index contributed by atoms with van der Waals surface area (Å²) in [5, 5.41) is 0. The largest absolute Gasteiger partial charge is 0.347 e. The summed E-state index contributed by atoms with van der Waals surface area (Å²) in [6.07, 6.45) is 0. The number of nitrogens with zero attached hydrogens (tertiary/aromatic N) is 2. The summed E-state index contributed by atoms with van der Waals surface area (Å²) in [4.78, 5) is 27.0. The second-order valence-corrected chi connectivity index (χ2v) is 6.39. The van der Waals surface area contributed by atoms with E-state index in [2.05, 4.69) is 15.9 Å². The summed E-state index contributed by atoms with van der Waals surface area (Å²) in [6, 6.07) is 1.83. The fraction of sp³-hybridized carbons (Fsp3) is 0.455. The van der Waals surface area contributed by atoms with Crippen molar-refractivity contribution in [2.24, 2.45) is 0 Å². The van der Waals surface area contributed by atoms with Gasteiger partial charge in [0.05, 0.1) is 15.2 Å². The molecule has 0 spiro atoms. The van der Waals surface area contributed by atoms with Crippen molar-refractivity contribution in [1.82, 2.24) is 9.80 Å². The zero-order valence-electron chi connectivity index (χ0n) is 10.3. The lowest BCUT2D eigenvalue weighted by atomic mass is 10.3. The molecule has 4 nitrogen and oxygen atoms in total. The summed E-state index contributed by atoms with van der Waals surface area (Å²) in [7, 11) is 4.98. The summed E-state index contributed by atoms with van der Waals surface area (Å²) < 4.78 is 0.952. The molecule has 2 amide bonds. The van der Waals surface area contributed by atoms with Crippen LogP contribution in [-0.4, -0.2) is 49.3 Å². The number of rotatable bonds is 3. The fourth-order valence-corrected chi connectivity index (χ4v) is 2.70. The lowest BCUT2D eigenvalue weighted by Crippen LogP contribution is -2.37. The number of halogens is 1. The SMILES string of the molecule is Cc1cc(C(=O)N(C)CC(=O)N(C)C)sc1Br. The van der Waals surface area contributed by atoms with Gasteiger partial charge in [0.15, 0.2) is 0 Å². The maximum Gasteiger partial charge on any atom is 0.264 e. The molecule has 17 heavy (non-hydrogen) atoms. The monoisotopic (exact) mass is 318 g/mol. The number of carbonyl (C=O) groups is 2. The van der Waals surface area contributed by atoms with Crippen molar-refractivity contribution in [2.75, 3.05) is 27.7 Å². The van der Waals surface area contributed by atoms with E-state index >= 15 is 0 Å². The van der Waals surface area contributed by atoms with Crippen molar-refractivity contribution >= 4 is 39.1 Å². The topological polar surface area (TPSA) is 40.6 Å². The highest BCUT2D eigenvalue weighted by atomic mass is 79.9. The summed E-state index contributed by atoms with van der Waals surface area (Å²) in [5.74, 6) is -0.216. The molecule has 1 aromatic heterocycles. The zero-order chi connectivity index (χ0) is 13.2. The van der Waals surface area contributed by atoms with Gasteiger partial charge in [0.25, 0.3) is 5.91 Å². The Morgan fingerprint density at radius 2 is 1.94 bits per heavy atom. The van der Waals surface area contributed by atoms with Gasteiger partial charge < -0.3 is 9.80 Å². The molecule has 0 fully saturated rings. The smallest absolute Gasteiger partial charge is 0.264 e. The molecule has 1 rings (SSSR count). The van der Waals surface area contributed by atoms with Crippen LogP contribution in [0.3, 0.4) is 0 Å². The van der Waals surface area contributed by atoms with Crippen molar-refractivity contribution in [3.8, 4) is 0 Å². The van der Waals surface area contributed by atoms with Crippen molar-refractivity contribution in [2.45, 2.75) is 6.92 Å². The van der Waals surface area contributed by atoms with Crippen LogP contribution in [0.25, 0.3) is 0 Å². The van der Waals surface area contributed by atoms with Crippen LogP contribution in [0.4, 0.5) is 0 Å². The number of amides is 2. The molecule has 6 heteroatoms. The van der Waals surface area contributed by atoms with Crippen LogP contribution < -0.4 is 0 Å². The van der Waals surface area contributed by atoms with Crippen molar-refractivity contribution in [1.29, 1.82) is 0 Å². The van der Waals surface area contributed by atoms with Gasteiger partial charge >= 0.3 is 0 Å². The van der Waals surface area contributed by atoms with Gasteiger partial charge in [0.2, 0.25) is 5.91 Å². The number of aryl methyl sites for hydroxylation is 1. The lowest BCUT2D eigenvalue weighted by molar-refractivity contribution is -0.129. The average molecular weight is 319 g/mol. The van der Waals surface area contributed by atoms with E-state index < -0.39 is 0 Å². The molecule has 0 aliphatic carbocycles. The average Bonchev–Trinajstić information content (AvgIpc) is 2.57. The van der Waals surface area contributed by atoms with Crippen LogP contribution in [-0.2, 0) is 4.79 Å². The van der Waals surface area contributed by atoms with Gasteiger partial charge in [-0.15, -0.1) is 11.3 Å². The molecule has 1 aromatic rings. The van der Waals surface area contributed by atoms with Crippen LogP contribution in [0.15, 0.2) is 9.85 Å². The third-order valence-electron chi connectivity index (χ3n) is 2.29. The standard InChI is InChI=1S/C11H15BrN2O2S/c1-7-5-8(17-10(7)12)11(16)14(4)6-9(15)13(2)3/h5H,6H2,1-4H3. The number of carbonyl (C=O) groups excluding carboxylic acids is 2. The van der Waals surface area contributed by atoms with E-state index in [1.807, 2.05) is 13.0 Å². The zero-order valence-corrected chi connectivity index (χ0v) is 12.7. The predicted octanol–water partition coefficient (Wildman–Crippen LogP) is 1.98. The number of hydrogen-bond acceptors (Lipinski definition) is 3. The molecule has 0 atom stereocenters. The van der Waals surface area contributed by atoms with Gasteiger partial charge in [-0.1, -0.05) is 0 Å². The molecular weight excluding hydrogens is 304 g/mol. The molecule has 0 saturated heterocycles. The summed E-state index contributed by atoms with van der Waals surface area (Å²) >= 11 is 4.77. The minimum atomic E-state index is -0.126. The molecule has 0 aliphatic rings. The highest BCUT2D eigenvalue weighted by Crippen LogP contribution is 2.27. The normalized spacial score (nSPS) is 10.2. The Kier molecular flexibility index (Phi) is 4.70. The van der Waals surface area contributed by atoms with Gasteiger partial charge in [-0.05, 0) is 34.5 Å². The van der Waals surface area contributed by atoms with E-state index in [1.165, 1.54) is 21.1 Å².